The summed E-state index contributed by atoms with van der Waals surface area (Å²) >= 11 is 0. The van der Waals surface area contributed by atoms with Crippen molar-refractivity contribution in [2.75, 3.05) is 6.61 Å². The smallest absolute Gasteiger partial charge is 0.309 e. The van der Waals surface area contributed by atoms with Crippen LogP contribution in [0.15, 0.2) is 0 Å². The second-order valence-corrected chi connectivity index (χ2v) is 3.78. The first kappa shape index (κ1) is 10.6. The molecular formula is C11H19O2. The highest BCUT2D eigenvalue weighted by atomic mass is 16.5. The Bertz CT molecular complexity index is 146. The first-order valence-electron chi connectivity index (χ1n) is 5.29. The Morgan fingerprint density at radius 3 is 2.46 bits per heavy atom. The zero-order valence-electron chi connectivity index (χ0n) is 8.42. The largest absolute Gasteiger partial charge is 0.465 e. The van der Waals surface area contributed by atoms with Crippen LogP contribution in [0.4, 0.5) is 0 Å². The lowest BCUT2D eigenvalue weighted by Gasteiger charge is -2.13. The summed E-state index contributed by atoms with van der Waals surface area (Å²) in [5, 5.41) is 0. The number of carbonyl (C=O) groups is 1. The van der Waals surface area contributed by atoms with E-state index >= 15 is 0 Å². The van der Waals surface area contributed by atoms with Gasteiger partial charge in [0.2, 0.25) is 0 Å². The molecule has 0 N–H and O–H groups in total. The summed E-state index contributed by atoms with van der Waals surface area (Å²) in [4.78, 5) is 10.9. The van der Waals surface area contributed by atoms with Gasteiger partial charge in [-0.25, -0.2) is 0 Å². The van der Waals surface area contributed by atoms with Gasteiger partial charge in [-0.05, 0) is 18.8 Å². The van der Waals surface area contributed by atoms with Gasteiger partial charge in [0.25, 0.3) is 0 Å². The summed E-state index contributed by atoms with van der Waals surface area (Å²) in [6.07, 6.45) is 9.26. The zero-order valence-corrected chi connectivity index (χ0v) is 8.42. The van der Waals surface area contributed by atoms with E-state index in [1.807, 2.05) is 0 Å². The Morgan fingerprint density at radius 1 is 1.31 bits per heavy atom. The normalized spacial score (nSPS) is 19.5. The first-order valence-corrected chi connectivity index (χ1v) is 5.29. The summed E-state index contributed by atoms with van der Waals surface area (Å²) in [6.45, 7) is 2.35. The van der Waals surface area contributed by atoms with Crippen molar-refractivity contribution in [3.8, 4) is 0 Å². The lowest BCUT2D eigenvalue weighted by molar-refractivity contribution is -0.140. The molecule has 1 aliphatic rings. The van der Waals surface area contributed by atoms with Gasteiger partial charge in [0.15, 0.2) is 0 Å². The van der Waals surface area contributed by atoms with Gasteiger partial charge in [0.05, 0.1) is 13.0 Å². The molecule has 0 atom stereocenters. The summed E-state index contributed by atoms with van der Waals surface area (Å²) in [5.74, 6) is 0.440. The predicted octanol–water partition coefficient (Wildman–Crippen LogP) is 2.72. The monoisotopic (exact) mass is 183 g/mol. The van der Waals surface area contributed by atoms with Gasteiger partial charge < -0.3 is 4.74 Å². The average molecular weight is 183 g/mol. The molecule has 0 aromatic carbocycles. The molecule has 2 nitrogen and oxygen atoms in total. The molecule has 0 aromatic heterocycles. The van der Waals surface area contributed by atoms with Crippen molar-refractivity contribution < 1.29 is 9.53 Å². The summed E-state index contributed by atoms with van der Waals surface area (Å²) in [5.41, 5.74) is 0. The van der Waals surface area contributed by atoms with Crippen molar-refractivity contribution in [3.63, 3.8) is 0 Å². The van der Waals surface area contributed by atoms with Crippen LogP contribution in [-0.2, 0) is 9.53 Å². The third kappa shape index (κ3) is 4.30. The highest BCUT2D eigenvalue weighted by molar-refractivity contribution is 5.78. The molecule has 0 heterocycles. The molecule has 75 valence electrons. The van der Waals surface area contributed by atoms with Crippen LogP contribution in [0.25, 0.3) is 0 Å². The number of hydrogen-bond acceptors (Lipinski definition) is 2. The van der Waals surface area contributed by atoms with Gasteiger partial charge in [0, 0.05) is 0 Å². The maximum absolute atomic E-state index is 10.9. The molecule has 0 bridgehead atoms. The standard InChI is InChI=1S/C11H19O2/c1-2-11(12)13-9-10-7-5-3-4-6-8-10/h2,10H,3-9H2,1H3. The summed E-state index contributed by atoms with van der Waals surface area (Å²) < 4.78 is 5.09. The van der Waals surface area contributed by atoms with Gasteiger partial charge in [-0.1, -0.05) is 32.6 Å². The van der Waals surface area contributed by atoms with Crippen LogP contribution in [0.1, 0.15) is 45.4 Å². The number of esters is 1. The topological polar surface area (TPSA) is 26.3 Å². The highest BCUT2D eigenvalue weighted by Gasteiger charge is 2.13. The van der Waals surface area contributed by atoms with Crippen LogP contribution in [-0.4, -0.2) is 12.6 Å². The van der Waals surface area contributed by atoms with E-state index in [0.29, 0.717) is 12.5 Å². The highest BCUT2D eigenvalue weighted by Crippen LogP contribution is 2.22. The molecular weight excluding hydrogens is 164 g/mol. The van der Waals surface area contributed by atoms with E-state index in [1.54, 1.807) is 6.92 Å². The summed E-state index contributed by atoms with van der Waals surface area (Å²) in [7, 11) is 0. The summed E-state index contributed by atoms with van der Waals surface area (Å²) in [6, 6.07) is 0. The van der Waals surface area contributed by atoms with E-state index in [4.69, 9.17) is 4.74 Å². The molecule has 0 amide bonds. The van der Waals surface area contributed by atoms with E-state index < -0.39 is 0 Å². The van der Waals surface area contributed by atoms with Crippen molar-refractivity contribution in [1.29, 1.82) is 0 Å². The van der Waals surface area contributed by atoms with E-state index in [0.717, 1.165) is 0 Å². The van der Waals surface area contributed by atoms with Crippen molar-refractivity contribution >= 4 is 5.97 Å². The van der Waals surface area contributed by atoms with Crippen LogP contribution in [0.3, 0.4) is 0 Å². The van der Waals surface area contributed by atoms with Crippen molar-refractivity contribution in [2.45, 2.75) is 45.4 Å². The van der Waals surface area contributed by atoms with Gasteiger partial charge in [0.1, 0.15) is 0 Å². The first-order chi connectivity index (χ1) is 6.33. The molecule has 1 rings (SSSR count). The zero-order chi connectivity index (χ0) is 9.52. The number of hydrogen-bond donors (Lipinski definition) is 0. The molecule has 13 heavy (non-hydrogen) atoms. The second-order valence-electron chi connectivity index (χ2n) is 3.78. The van der Waals surface area contributed by atoms with Crippen molar-refractivity contribution in [1.82, 2.24) is 0 Å². The minimum Gasteiger partial charge on any atom is -0.465 e. The Kier molecular flexibility index (Phi) is 4.87. The molecule has 1 radical (unpaired) electrons. The minimum absolute atomic E-state index is 0.177. The third-order valence-corrected chi connectivity index (χ3v) is 2.67. The lowest BCUT2D eigenvalue weighted by Crippen LogP contribution is -2.13. The van der Waals surface area contributed by atoms with E-state index in [1.165, 1.54) is 44.9 Å². The van der Waals surface area contributed by atoms with Crippen LogP contribution in [0, 0.1) is 12.3 Å². The van der Waals surface area contributed by atoms with Crippen LogP contribution in [0.5, 0.6) is 0 Å². The fourth-order valence-corrected chi connectivity index (χ4v) is 1.81. The third-order valence-electron chi connectivity index (χ3n) is 2.67. The molecule has 0 aliphatic heterocycles. The molecule has 1 saturated carbocycles. The molecule has 0 unspecified atom stereocenters. The Morgan fingerprint density at radius 2 is 1.92 bits per heavy atom. The molecule has 1 fully saturated rings. The lowest BCUT2D eigenvalue weighted by atomic mass is 10.0. The van der Waals surface area contributed by atoms with E-state index in [9.17, 15) is 4.79 Å². The predicted molar refractivity (Wildman–Crippen MR) is 52.1 cm³/mol. The fraction of sp³-hybridized carbons (Fsp3) is 0.818. The average Bonchev–Trinajstić information content (AvgIpc) is 2.42. The van der Waals surface area contributed by atoms with Gasteiger partial charge in [-0.15, -0.1) is 0 Å². The molecule has 0 saturated heterocycles. The second kappa shape index (κ2) is 6.01. The van der Waals surface area contributed by atoms with Gasteiger partial charge >= 0.3 is 5.97 Å². The Hall–Kier alpha value is -0.530. The van der Waals surface area contributed by atoms with Gasteiger partial charge in [-0.3, -0.25) is 4.79 Å². The Labute approximate surface area is 80.7 Å². The Balaban J connectivity index is 2.15. The SMILES string of the molecule is C[CH]C(=O)OCC1CCCCCC1. The minimum atomic E-state index is -0.177. The fourth-order valence-electron chi connectivity index (χ4n) is 1.81. The van der Waals surface area contributed by atoms with Crippen LogP contribution >= 0.6 is 0 Å². The van der Waals surface area contributed by atoms with E-state index in [2.05, 4.69) is 0 Å². The number of ether oxygens (including phenoxy) is 1. The molecule has 0 spiro atoms. The number of carbonyl (C=O) groups excluding carboxylic acids is 1. The molecule has 1 aliphatic carbocycles. The number of rotatable bonds is 3. The van der Waals surface area contributed by atoms with Gasteiger partial charge in [-0.2, -0.15) is 0 Å². The van der Waals surface area contributed by atoms with Crippen LogP contribution in [0.2, 0.25) is 0 Å². The van der Waals surface area contributed by atoms with E-state index in [-0.39, 0.29) is 5.97 Å². The maximum Gasteiger partial charge on any atom is 0.309 e. The van der Waals surface area contributed by atoms with Crippen molar-refractivity contribution in [2.24, 2.45) is 5.92 Å². The quantitative estimate of drug-likeness (QED) is 0.496. The molecule has 2 heteroatoms. The molecule has 0 aromatic rings. The maximum atomic E-state index is 10.9. The van der Waals surface area contributed by atoms with Crippen LogP contribution < -0.4 is 0 Å². The van der Waals surface area contributed by atoms with Crippen molar-refractivity contribution in [3.05, 3.63) is 6.42 Å².